The van der Waals surface area contributed by atoms with Gasteiger partial charge in [-0.1, -0.05) is 24.0 Å². The molecule has 33 heavy (non-hydrogen) atoms. The number of hydrogen-bond acceptors (Lipinski definition) is 5. The van der Waals surface area contributed by atoms with Crippen molar-refractivity contribution in [2.45, 2.75) is 6.42 Å². The second-order valence-electron chi connectivity index (χ2n) is 7.18. The zero-order valence-electron chi connectivity index (χ0n) is 17.8. The number of pyridine rings is 1. The summed E-state index contributed by atoms with van der Waals surface area (Å²) in [6, 6.07) is 12.0. The lowest BCUT2D eigenvalue weighted by Gasteiger charge is -2.29. The Balaban J connectivity index is 1.62. The number of rotatable bonds is 3. The summed E-state index contributed by atoms with van der Waals surface area (Å²) in [5.74, 6) is 4.11. The summed E-state index contributed by atoms with van der Waals surface area (Å²) >= 11 is -1.79. The van der Waals surface area contributed by atoms with Gasteiger partial charge in [0, 0.05) is 30.3 Å². The van der Waals surface area contributed by atoms with Crippen molar-refractivity contribution in [1.82, 2.24) is 4.98 Å². The van der Waals surface area contributed by atoms with E-state index in [-0.39, 0.29) is 10.5 Å². The molecule has 1 unspecified atom stereocenters. The maximum absolute atomic E-state index is 13.6. The normalized spacial score (nSPS) is 16.3. The number of halogens is 2. The van der Waals surface area contributed by atoms with Gasteiger partial charge in [-0.25, -0.2) is 13.8 Å². The fourth-order valence-electron chi connectivity index (χ4n) is 3.27. The topological polar surface area (TPSA) is 65.5 Å². The third-order valence-electron chi connectivity index (χ3n) is 5.01. The van der Waals surface area contributed by atoms with E-state index in [1.165, 1.54) is 16.4 Å². The molecule has 0 saturated carbocycles. The van der Waals surface area contributed by atoms with Crippen molar-refractivity contribution in [3.05, 3.63) is 93.5 Å². The zero-order valence-corrected chi connectivity index (χ0v) is 18.6. The molecule has 0 bridgehead atoms. The number of aromatic nitrogens is 1. The van der Waals surface area contributed by atoms with Crippen LogP contribution in [0.3, 0.4) is 0 Å². The quantitative estimate of drug-likeness (QED) is 0.329. The summed E-state index contributed by atoms with van der Waals surface area (Å²) in [4.78, 5) is 17.2. The van der Waals surface area contributed by atoms with Crippen LogP contribution >= 0.6 is 0 Å². The predicted octanol–water partition coefficient (Wildman–Crippen LogP) is 4.30. The van der Waals surface area contributed by atoms with E-state index in [0.29, 0.717) is 29.1 Å². The third-order valence-corrected chi connectivity index (χ3v) is 6.39. The van der Waals surface area contributed by atoms with Gasteiger partial charge in [0.2, 0.25) is 16.6 Å². The molecule has 0 radical (unpaired) electrons. The van der Waals surface area contributed by atoms with Gasteiger partial charge >= 0.3 is 0 Å². The van der Waals surface area contributed by atoms with Crippen molar-refractivity contribution in [3.63, 3.8) is 0 Å². The average molecular weight is 464 g/mol. The van der Waals surface area contributed by atoms with E-state index in [1.54, 1.807) is 44.6 Å². The first-order valence-electron chi connectivity index (χ1n) is 9.86. The van der Waals surface area contributed by atoms with Crippen molar-refractivity contribution in [2.24, 2.45) is 0 Å². The van der Waals surface area contributed by atoms with Gasteiger partial charge in [-0.2, -0.15) is 4.31 Å². The van der Waals surface area contributed by atoms with Gasteiger partial charge in [-0.05, 0) is 41.5 Å². The Kier molecular flexibility index (Phi) is 6.45. The number of methoxy groups -OCH3 is 1. The van der Waals surface area contributed by atoms with E-state index in [9.17, 15) is 18.1 Å². The van der Waals surface area contributed by atoms with Crippen LogP contribution in [0.25, 0.3) is 6.08 Å². The van der Waals surface area contributed by atoms with Gasteiger partial charge in [0.15, 0.2) is 11.6 Å². The first-order valence-corrected chi connectivity index (χ1v) is 11.0. The van der Waals surface area contributed by atoms with Crippen LogP contribution in [0.5, 0.6) is 5.88 Å². The Morgan fingerprint density at radius 1 is 1.15 bits per heavy atom. The van der Waals surface area contributed by atoms with Gasteiger partial charge in [0.25, 0.3) is 0 Å². The number of benzene rings is 2. The number of Topliss-reactive ketones (excluding diaryl/α,β-unsaturated/α-hetero) is 1. The number of fused-ring (bicyclic) bond motifs is 1. The van der Waals surface area contributed by atoms with Gasteiger partial charge < -0.3 is 9.29 Å². The fraction of sp³-hybridized carbons (Fsp3) is 0.120. The molecule has 5 nitrogen and oxygen atoms in total. The van der Waals surface area contributed by atoms with Crippen molar-refractivity contribution in [3.8, 4) is 17.7 Å². The smallest absolute Gasteiger partial charge is 0.245 e. The van der Waals surface area contributed by atoms with E-state index < -0.39 is 28.8 Å². The first kappa shape index (κ1) is 22.5. The number of ether oxygens (including phenoxy) is 1. The standard InChI is InChI=1S/C25H18F2N2O3S/c1-29-22-10-7-16(4-3-5-17-8-11-24(32-2)28-15-17)12-19(22)25(30)23(33(29)31)14-18-6-9-20(26)21(27)13-18/h6-15H,5H2,1-2H3/b23-14-. The molecule has 3 aromatic rings. The van der Waals surface area contributed by atoms with Crippen LogP contribution in [0.4, 0.5) is 14.5 Å². The van der Waals surface area contributed by atoms with Crippen LogP contribution in [0.15, 0.2) is 59.6 Å². The Hall–Kier alpha value is -3.67. The minimum absolute atomic E-state index is 0.0228. The van der Waals surface area contributed by atoms with Crippen molar-refractivity contribution < 1.29 is 22.9 Å². The molecular formula is C25H18F2N2O3S. The molecule has 1 aromatic heterocycles. The number of allylic oxidation sites excluding steroid dienone is 1. The van der Waals surface area contributed by atoms with Crippen LogP contribution in [-0.4, -0.2) is 29.5 Å². The monoisotopic (exact) mass is 464 g/mol. The minimum atomic E-state index is -1.79. The second kappa shape index (κ2) is 9.45. The van der Waals surface area contributed by atoms with Crippen molar-refractivity contribution >= 4 is 28.9 Å². The predicted molar refractivity (Wildman–Crippen MR) is 123 cm³/mol. The molecule has 1 atom stereocenters. The molecule has 2 heterocycles. The summed E-state index contributed by atoms with van der Waals surface area (Å²) in [6.07, 6.45) is 3.46. The molecule has 8 heteroatoms. The largest absolute Gasteiger partial charge is 0.588 e. The summed E-state index contributed by atoms with van der Waals surface area (Å²) in [5.41, 5.74) is 2.63. The highest BCUT2D eigenvalue weighted by molar-refractivity contribution is 7.97. The SMILES string of the molecule is COc1ccc(CC#Cc2ccc3c(c2)C(=O)/C(=C/c2ccc(F)c(F)c2)[S+]([O-])N3C)cn1. The lowest BCUT2D eigenvalue weighted by molar-refractivity contribution is 0.104. The summed E-state index contributed by atoms with van der Waals surface area (Å²) in [7, 11) is 3.15. The number of hydrogen-bond donors (Lipinski definition) is 0. The highest BCUT2D eigenvalue weighted by Crippen LogP contribution is 2.35. The average Bonchev–Trinajstić information content (AvgIpc) is 2.83. The third kappa shape index (κ3) is 4.75. The van der Waals surface area contributed by atoms with Crippen LogP contribution in [-0.2, 0) is 17.8 Å². The van der Waals surface area contributed by atoms with Crippen molar-refractivity contribution in [2.75, 3.05) is 18.5 Å². The van der Waals surface area contributed by atoms with Gasteiger partial charge in [0.1, 0.15) is 11.4 Å². The molecule has 166 valence electrons. The van der Waals surface area contributed by atoms with Crippen LogP contribution in [0.1, 0.15) is 27.0 Å². The van der Waals surface area contributed by atoms with Crippen LogP contribution in [0.2, 0.25) is 0 Å². The Morgan fingerprint density at radius 2 is 1.97 bits per heavy atom. The maximum Gasteiger partial charge on any atom is 0.245 e. The molecule has 4 rings (SSSR count). The minimum Gasteiger partial charge on any atom is -0.588 e. The van der Waals surface area contributed by atoms with Crippen molar-refractivity contribution in [1.29, 1.82) is 0 Å². The molecule has 0 fully saturated rings. The van der Waals surface area contributed by atoms with E-state index in [0.717, 1.165) is 17.7 Å². The molecule has 0 aliphatic carbocycles. The molecular weight excluding hydrogens is 446 g/mol. The Morgan fingerprint density at radius 3 is 2.67 bits per heavy atom. The highest BCUT2D eigenvalue weighted by Gasteiger charge is 2.38. The van der Waals surface area contributed by atoms with Gasteiger partial charge in [-0.3, -0.25) is 4.79 Å². The van der Waals surface area contributed by atoms with E-state index in [1.807, 2.05) is 6.07 Å². The van der Waals surface area contributed by atoms with Gasteiger partial charge in [0.05, 0.1) is 25.4 Å². The zero-order chi connectivity index (χ0) is 23.5. The van der Waals surface area contributed by atoms with E-state index >= 15 is 0 Å². The fourth-order valence-corrected chi connectivity index (χ4v) is 4.41. The summed E-state index contributed by atoms with van der Waals surface area (Å²) in [5, 5.41) is 0. The maximum atomic E-state index is 13.6. The van der Waals surface area contributed by atoms with E-state index in [4.69, 9.17) is 4.74 Å². The number of carbonyl (C=O) groups is 1. The lowest BCUT2D eigenvalue weighted by Crippen LogP contribution is -2.36. The molecule has 1 aliphatic rings. The van der Waals surface area contributed by atoms with Gasteiger partial charge in [-0.15, -0.1) is 0 Å². The summed E-state index contributed by atoms with van der Waals surface area (Å²) in [6.45, 7) is 0. The van der Waals surface area contributed by atoms with E-state index in [2.05, 4.69) is 16.8 Å². The second-order valence-corrected chi connectivity index (χ2v) is 8.66. The Bertz CT molecular complexity index is 1310. The molecule has 0 N–H and O–H groups in total. The molecule has 0 spiro atoms. The molecule has 2 aromatic carbocycles. The molecule has 0 amide bonds. The van der Waals surface area contributed by atoms with Crippen LogP contribution in [0, 0.1) is 23.5 Å². The summed E-state index contributed by atoms with van der Waals surface area (Å²) < 4.78 is 46.1. The molecule has 1 aliphatic heterocycles. The molecule has 0 saturated heterocycles. The number of anilines is 1. The lowest BCUT2D eigenvalue weighted by atomic mass is 10.0. The Labute approximate surface area is 193 Å². The number of nitrogens with zero attached hydrogens (tertiary/aromatic N) is 2. The number of carbonyl (C=O) groups excluding carboxylic acids is 1. The highest BCUT2D eigenvalue weighted by atomic mass is 32.2. The number of ketones is 1. The first-order chi connectivity index (χ1) is 15.9. The van der Waals surface area contributed by atoms with Crippen LogP contribution < -0.4 is 9.04 Å².